The van der Waals surface area contributed by atoms with E-state index in [1.165, 1.54) is 18.3 Å². The molecule has 1 amide bonds. The Morgan fingerprint density at radius 1 is 1.35 bits per heavy atom. The molecule has 3 rings (SSSR count). The molecule has 0 saturated carbocycles. The molecule has 1 N–H and O–H groups in total. The average Bonchev–Trinajstić information content (AvgIpc) is 3.18. The number of methoxy groups -OCH3 is 1. The highest BCUT2D eigenvalue weighted by Crippen LogP contribution is 2.26. The molecule has 138 valence electrons. The molecular weight excluding hydrogens is 341 g/mol. The van der Waals surface area contributed by atoms with Crippen LogP contribution in [0.15, 0.2) is 30.5 Å². The number of carboxylic acid groups (broad SMARTS) is 1. The van der Waals surface area contributed by atoms with E-state index in [2.05, 4.69) is 5.10 Å². The van der Waals surface area contributed by atoms with E-state index in [9.17, 15) is 14.0 Å². The van der Waals surface area contributed by atoms with Gasteiger partial charge in [-0.3, -0.25) is 9.59 Å². The fourth-order valence-corrected chi connectivity index (χ4v) is 3.31. The second-order valence-electron chi connectivity index (χ2n) is 6.33. The lowest BCUT2D eigenvalue weighted by Gasteiger charge is -2.23. The van der Waals surface area contributed by atoms with Gasteiger partial charge in [-0.2, -0.15) is 5.10 Å². The fourth-order valence-electron chi connectivity index (χ4n) is 3.31. The van der Waals surface area contributed by atoms with Crippen LogP contribution >= 0.6 is 0 Å². The highest BCUT2D eigenvalue weighted by molar-refractivity contribution is 5.96. The van der Waals surface area contributed by atoms with Crippen LogP contribution in [-0.2, 0) is 9.53 Å². The molecule has 1 fully saturated rings. The van der Waals surface area contributed by atoms with Gasteiger partial charge in [0.15, 0.2) is 0 Å². The van der Waals surface area contributed by atoms with Crippen molar-refractivity contribution in [3.05, 3.63) is 47.5 Å². The summed E-state index contributed by atoms with van der Waals surface area (Å²) in [5.41, 5.74) is 1.64. The lowest BCUT2D eigenvalue weighted by molar-refractivity contribution is -0.137. The molecule has 0 aliphatic carbocycles. The summed E-state index contributed by atoms with van der Waals surface area (Å²) in [6, 6.07) is 5.38. The SMILES string of the molecule is COC1CC(CC(=O)O)N(C(=O)c2cnn(-c3ccc(F)cc3)c2C)C1. The number of likely N-dealkylation sites (tertiary alicyclic amines) is 1. The number of hydrogen-bond acceptors (Lipinski definition) is 4. The van der Waals surface area contributed by atoms with Crippen molar-refractivity contribution in [1.29, 1.82) is 0 Å². The molecule has 1 aromatic heterocycles. The Kier molecular flexibility index (Phi) is 5.03. The first-order valence-electron chi connectivity index (χ1n) is 8.26. The minimum atomic E-state index is -0.955. The molecule has 0 spiro atoms. The van der Waals surface area contributed by atoms with E-state index in [0.29, 0.717) is 29.9 Å². The number of hydrogen-bond donors (Lipinski definition) is 1. The molecule has 7 nitrogen and oxygen atoms in total. The van der Waals surface area contributed by atoms with Crippen molar-refractivity contribution in [3.63, 3.8) is 0 Å². The van der Waals surface area contributed by atoms with E-state index in [0.717, 1.165) is 0 Å². The maximum absolute atomic E-state index is 13.1. The van der Waals surface area contributed by atoms with Crippen LogP contribution in [0.3, 0.4) is 0 Å². The van der Waals surface area contributed by atoms with Gasteiger partial charge in [-0.15, -0.1) is 0 Å². The second kappa shape index (κ2) is 7.25. The Balaban J connectivity index is 1.87. The molecule has 2 atom stereocenters. The molecule has 2 unspecified atom stereocenters. The van der Waals surface area contributed by atoms with Gasteiger partial charge in [-0.25, -0.2) is 9.07 Å². The summed E-state index contributed by atoms with van der Waals surface area (Å²) in [5, 5.41) is 13.3. The number of aromatic nitrogens is 2. The van der Waals surface area contributed by atoms with Crippen LogP contribution in [0.2, 0.25) is 0 Å². The van der Waals surface area contributed by atoms with Crippen molar-refractivity contribution >= 4 is 11.9 Å². The maximum Gasteiger partial charge on any atom is 0.305 e. The third-order valence-electron chi connectivity index (χ3n) is 4.69. The standard InChI is InChI=1S/C18H20FN3O4/c1-11-16(9-20-22(11)13-5-3-12(19)4-6-13)18(25)21-10-15(26-2)7-14(21)8-17(23)24/h3-6,9,14-15H,7-8,10H2,1-2H3,(H,23,24). The van der Waals surface area contributed by atoms with E-state index in [1.54, 1.807) is 35.7 Å². The van der Waals surface area contributed by atoms with Gasteiger partial charge in [0.2, 0.25) is 0 Å². The number of aliphatic carboxylic acids is 1. The summed E-state index contributed by atoms with van der Waals surface area (Å²) in [6.45, 7) is 2.09. The number of amides is 1. The summed E-state index contributed by atoms with van der Waals surface area (Å²) in [5.74, 6) is -1.58. The van der Waals surface area contributed by atoms with Crippen LogP contribution in [0.1, 0.15) is 28.9 Å². The van der Waals surface area contributed by atoms with Crippen molar-refractivity contribution in [1.82, 2.24) is 14.7 Å². The van der Waals surface area contributed by atoms with Crippen molar-refractivity contribution in [2.24, 2.45) is 0 Å². The van der Waals surface area contributed by atoms with Crippen LogP contribution in [0.4, 0.5) is 4.39 Å². The molecule has 1 aliphatic rings. The Morgan fingerprint density at radius 2 is 2.04 bits per heavy atom. The number of halogens is 1. The smallest absolute Gasteiger partial charge is 0.305 e. The van der Waals surface area contributed by atoms with E-state index >= 15 is 0 Å². The van der Waals surface area contributed by atoms with Crippen molar-refractivity contribution in [2.45, 2.75) is 31.9 Å². The molecular formula is C18H20FN3O4. The minimum Gasteiger partial charge on any atom is -0.481 e. The lowest BCUT2D eigenvalue weighted by atomic mass is 10.1. The second-order valence-corrected chi connectivity index (χ2v) is 6.33. The third-order valence-corrected chi connectivity index (χ3v) is 4.69. The van der Waals surface area contributed by atoms with E-state index < -0.39 is 12.0 Å². The molecule has 2 heterocycles. The zero-order valence-electron chi connectivity index (χ0n) is 14.6. The van der Waals surface area contributed by atoms with Gasteiger partial charge in [0.05, 0.1) is 35.7 Å². The normalized spacial score (nSPS) is 19.7. The van der Waals surface area contributed by atoms with Crippen LogP contribution in [-0.4, -0.2) is 57.5 Å². The Hall–Kier alpha value is -2.74. The van der Waals surface area contributed by atoms with Gasteiger partial charge >= 0.3 is 5.97 Å². The predicted octanol–water partition coefficient (Wildman–Crippen LogP) is 2.02. The van der Waals surface area contributed by atoms with Gasteiger partial charge in [0, 0.05) is 19.7 Å². The van der Waals surface area contributed by atoms with Gasteiger partial charge in [0.1, 0.15) is 5.82 Å². The predicted molar refractivity (Wildman–Crippen MR) is 90.8 cm³/mol. The molecule has 1 aliphatic heterocycles. The topological polar surface area (TPSA) is 84.7 Å². The Labute approximate surface area is 150 Å². The number of carbonyl (C=O) groups is 2. The van der Waals surface area contributed by atoms with E-state index in [4.69, 9.17) is 9.84 Å². The number of nitrogens with zero attached hydrogens (tertiary/aromatic N) is 3. The van der Waals surface area contributed by atoms with E-state index in [-0.39, 0.29) is 24.2 Å². The lowest BCUT2D eigenvalue weighted by Crippen LogP contribution is -2.37. The molecule has 0 radical (unpaired) electrons. The van der Waals surface area contributed by atoms with Gasteiger partial charge in [-0.05, 0) is 37.6 Å². The number of rotatable bonds is 5. The van der Waals surface area contributed by atoms with Crippen LogP contribution < -0.4 is 0 Å². The number of carbonyl (C=O) groups excluding carboxylic acids is 1. The number of benzene rings is 1. The first-order valence-corrected chi connectivity index (χ1v) is 8.26. The molecule has 1 saturated heterocycles. The van der Waals surface area contributed by atoms with Gasteiger partial charge < -0.3 is 14.7 Å². The fraction of sp³-hybridized carbons (Fsp3) is 0.389. The van der Waals surface area contributed by atoms with Gasteiger partial charge in [-0.1, -0.05) is 0 Å². The van der Waals surface area contributed by atoms with Crippen LogP contribution in [0, 0.1) is 12.7 Å². The van der Waals surface area contributed by atoms with E-state index in [1.807, 2.05) is 0 Å². The number of carboxylic acids is 1. The highest BCUT2D eigenvalue weighted by Gasteiger charge is 2.37. The minimum absolute atomic E-state index is 0.128. The highest BCUT2D eigenvalue weighted by atomic mass is 19.1. The largest absolute Gasteiger partial charge is 0.481 e. The zero-order valence-corrected chi connectivity index (χ0v) is 14.6. The van der Waals surface area contributed by atoms with Crippen LogP contribution in [0.25, 0.3) is 5.69 Å². The first kappa shape index (κ1) is 18.1. The summed E-state index contributed by atoms with van der Waals surface area (Å²) in [4.78, 5) is 25.6. The van der Waals surface area contributed by atoms with Crippen molar-refractivity contribution in [2.75, 3.05) is 13.7 Å². The molecule has 2 aromatic rings. The molecule has 0 bridgehead atoms. The quantitative estimate of drug-likeness (QED) is 0.881. The summed E-state index contributed by atoms with van der Waals surface area (Å²) < 4.78 is 20.0. The summed E-state index contributed by atoms with van der Waals surface area (Å²) >= 11 is 0. The zero-order chi connectivity index (χ0) is 18.8. The first-order chi connectivity index (χ1) is 12.4. The summed E-state index contributed by atoms with van der Waals surface area (Å²) in [7, 11) is 1.55. The van der Waals surface area contributed by atoms with Crippen LogP contribution in [0.5, 0.6) is 0 Å². The van der Waals surface area contributed by atoms with Crippen molar-refractivity contribution < 1.29 is 23.8 Å². The molecule has 1 aromatic carbocycles. The monoisotopic (exact) mass is 361 g/mol. The number of ether oxygens (including phenoxy) is 1. The van der Waals surface area contributed by atoms with Gasteiger partial charge in [0.25, 0.3) is 5.91 Å². The Bertz CT molecular complexity index is 818. The average molecular weight is 361 g/mol. The summed E-state index contributed by atoms with van der Waals surface area (Å²) in [6.07, 6.45) is 1.63. The molecule has 26 heavy (non-hydrogen) atoms. The Morgan fingerprint density at radius 3 is 2.65 bits per heavy atom. The third kappa shape index (κ3) is 3.45. The van der Waals surface area contributed by atoms with Crippen molar-refractivity contribution in [3.8, 4) is 5.69 Å². The maximum atomic E-state index is 13.1. The molecule has 8 heteroatoms.